The number of halogens is 1. The highest BCUT2D eigenvalue weighted by Crippen LogP contribution is 2.06. The van der Waals surface area contributed by atoms with Crippen molar-refractivity contribution >= 4 is 18.3 Å². The molecule has 5 heteroatoms. The molecule has 4 nitrogen and oxygen atoms in total. The molecule has 1 fully saturated rings. The molecule has 1 N–H and O–H groups in total. The van der Waals surface area contributed by atoms with E-state index in [2.05, 4.69) is 12.2 Å². The van der Waals surface area contributed by atoms with Crippen molar-refractivity contribution in [2.75, 3.05) is 32.8 Å². The summed E-state index contributed by atoms with van der Waals surface area (Å²) < 4.78 is 5.21. The minimum atomic E-state index is 0. The van der Waals surface area contributed by atoms with Crippen LogP contribution in [0.25, 0.3) is 0 Å². The number of piperazine rings is 1. The normalized spacial score (nSPS) is 20.4. The lowest BCUT2D eigenvalue weighted by Gasteiger charge is -2.34. The SMILES string of the molecule is CCOCCCC(=O)N1CCNCC1C.Cl. The Hall–Kier alpha value is -0.320. The lowest BCUT2D eigenvalue weighted by molar-refractivity contribution is -0.134. The maximum absolute atomic E-state index is 11.8. The molecule has 0 aliphatic carbocycles. The summed E-state index contributed by atoms with van der Waals surface area (Å²) in [5.74, 6) is 0.267. The Morgan fingerprint density at radius 2 is 2.31 bits per heavy atom. The smallest absolute Gasteiger partial charge is 0.222 e. The summed E-state index contributed by atoms with van der Waals surface area (Å²) >= 11 is 0. The van der Waals surface area contributed by atoms with E-state index in [-0.39, 0.29) is 18.3 Å². The summed E-state index contributed by atoms with van der Waals surface area (Å²) in [5.41, 5.74) is 0. The minimum Gasteiger partial charge on any atom is -0.382 e. The van der Waals surface area contributed by atoms with Gasteiger partial charge in [0.25, 0.3) is 0 Å². The van der Waals surface area contributed by atoms with E-state index in [9.17, 15) is 4.79 Å². The first-order chi connectivity index (χ1) is 7.25. The van der Waals surface area contributed by atoms with Crippen LogP contribution in [-0.2, 0) is 9.53 Å². The molecule has 0 bridgehead atoms. The molecule has 0 aromatic rings. The topological polar surface area (TPSA) is 41.6 Å². The van der Waals surface area contributed by atoms with E-state index >= 15 is 0 Å². The largest absolute Gasteiger partial charge is 0.382 e. The first-order valence-electron chi connectivity index (χ1n) is 5.83. The molecule has 1 aliphatic rings. The number of nitrogens with zero attached hydrogens (tertiary/aromatic N) is 1. The van der Waals surface area contributed by atoms with Gasteiger partial charge in [0.1, 0.15) is 0 Å². The molecule has 1 unspecified atom stereocenters. The van der Waals surface area contributed by atoms with Gasteiger partial charge in [-0.1, -0.05) is 0 Å². The highest BCUT2D eigenvalue weighted by Gasteiger charge is 2.21. The molecule has 0 radical (unpaired) electrons. The number of carbonyl (C=O) groups excluding carboxylic acids is 1. The number of amides is 1. The van der Waals surface area contributed by atoms with Crippen LogP contribution in [0.4, 0.5) is 0 Å². The second-order valence-electron chi connectivity index (χ2n) is 3.94. The van der Waals surface area contributed by atoms with Gasteiger partial charge in [0.15, 0.2) is 0 Å². The Morgan fingerprint density at radius 1 is 1.56 bits per heavy atom. The van der Waals surface area contributed by atoms with Crippen molar-refractivity contribution in [2.45, 2.75) is 32.7 Å². The van der Waals surface area contributed by atoms with Crippen LogP contribution in [0.1, 0.15) is 26.7 Å². The first-order valence-corrected chi connectivity index (χ1v) is 5.83. The fourth-order valence-corrected chi connectivity index (χ4v) is 1.82. The Morgan fingerprint density at radius 3 is 2.94 bits per heavy atom. The summed E-state index contributed by atoms with van der Waals surface area (Å²) in [6, 6.07) is 0.332. The number of carbonyl (C=O) groups is 1. The van der Waals surface area contributed by atoms with Crippen LogP contribution in [-0.4, -0.2) is 49.7 Å². The van der Waals surface area contributed by atoms with Crippen LogP contribution in [0, 0.1) is 0 Å². The van der Waals surface area contributed by atoms with E-state index in [0.29, 0.717) is 19.1 Å². The van der Waals surface area contributed by atoms with Gasteiger partial charge in [0, 0.05) is 45.3 Å². The lowest BCUT2D eigenvalue weighted by Crippen LogP contribution is -2.52. The van der Waals surface area contributed by atoms with Crippen LogP contribution in [0.2, 0.25) is 0 Å². The zero-order chi connectivity index (χ0) is 11.1. The number of ether oxygens (including phenoxy) is 1. The van der Waals surface area contributed by atoms with Crippen molar-refractivity contribution in [3.63, 3.8) is 0 Å². The zero-order valence-electron chi connectivity index (χ0n) is 10.2. The van der Waals surface area contributed by atoms with E-state index in [1.54, 1.807) is 0 Å². The third-order valence-electron chi connectivity index (χ3n) is 2.71. The second kappa shape index (κ2) is 8.79. The maximum atomic E-state index is 11.8. The summed E-state index contributed by atoms with van der Waals surface area (Å²) in [4.78, 5) is 13.8. The molecule has 0 saturated carbocycles. The maximum Gasteiger partial charge on any atom is 0.222 e. The molecule has 16 heavy (non-hydrogen) atoms. The van der Waals surface area contributed by atoms with Gasteiger partial charge in [-0.2, -0.15) is 0 Å². The van der Waals surface area contributed by atoms with Crippen molar-refractivity contribution in [1.82, 2.24) is 10.2 Å². The van der Waals surface area contributed by atoms with Crippen molar-refractivity contribution < 1.29 is 9.53 Å². The summed E-state index contributed by atoms with van der Waals surface area (Å²) in [6.45, 7) is 8.17. The molecule has 1 heterocycles. The zero-order valence-corrected chi connectivity index (χ0v) is 11.0. The van der Waals surface area contributed by atoms with Gasteiger partial charge in [-0.15, -0.1) is 12.4 Å². The summed E-state index contributed by atoms with van der Waals surface area (Å²) in [5, 5.41) is 3.28. The van der Waals surface area contributed by atoms with Gasteiger partial charge < -0.3 is 15.0 Å². The third-order valence-corrected chi connectivity index (χ3v) is 2.71. The van der Waals surface area contributed by atoms with E-state index in [1.165, 1.54) is 0 Å². The van der Waals surface area contributed by atoms with Crippen LogP contribution in [0.5, 0.6) is 0 Å². The molecular formula is C11H23ClN2O2. The van der Waals surface area contributed by atoms with Gasteiger partial charge in [-0.05, 0) is 20.3 Å². The Bertz CT molecular complexity index is 202. The minimum absolute atomic E-state index is 0. The van der Waals surface area contributed by atoms with Crippen LogP contribution < -0.4 is 5.32 Å². The third kappa shape index (κ3) is 5.14. The van der Waals surface area contributed by atoms with Gasteiger partial charge >= 0.3 is 0 Å². The van der Waals surface area contributed by atoms with Crippen LogP contribution >= 0.6 is 12.4 Å². The molecule has 1 rings (SSSR count). The number of rotatable bonds is 5. The first kappa shape index (κ1) is 15.7. The van der Waals surface area contributed by atoms with E-state index in [0.717, 1.165) is 32.7 Å². The second-order valence-corrected chi connectivity index (χ2v) is 3.94. The molecule has 0 spiro atoms. The van der Waals surface area contributed by atoms with Gasteiger partial charge in [-0.3, -0.25) is 4.79 Å². The highest BCUT2D eigenvalue weighted by molar-refractivity contribution is 5.85. The van der Waals surface area contributed by atoms with E-state index in [4.69, 9.17) is 4.74 Å². The molecule has 96 valence electrons. The Labute approximate surface area is 104 Å². The van der Waals surface area contributed by atoms with Gasteiger partial charge in [0.05, 0.1) is 0 Å². The standard InChI is InChI=1S/C11H22N2O2.ClH/c1-3-15-8-4-5-11(14)13-7-6-12-9-10(13)2;/h10,12H,3-9H2,1-2H3;1H. The van der Waals surface area contributed by atoms with Crippen molar-refractivity contribution in [2.24, 2.45) is 0 Å². The number of hydrogen-bond acceptors (Lipinski definition) is 3. The fraction of sp³-hybridized carbons (Fsp3) is 0.909. The molecule has 0 aromatic carbocycles. The lowest BCUT2D eigenvalue weighted by atomic mass is 10.2. The Balaban J connectivity index is 0.00000225. The summed E-state index contributed by atoms with van der Waals surface area (Å²) in [7, 11) is 0. The highest BCUT2D eigenvalue weighted by atomic mass is 35.5. The van der Waals surface area contributed by atoms with E-state index < -0.39 is 0 Å². The molecule has 1 saturated heterocycles. The number of nitrogens with one attached hydrogen (secondary N) is 1. The average Bonchev–Trinajstić information content (AvgIpc) is 2.25. The fourth-order valence-electron chi connectivity index (χ4n) is 1.82. The Kier molecular flexibility index (Phi) is 8.61. The molecule has 1 atom stereocenters. The van der Waals surface area contributed by atoms with Crippen molar-refractivity contribution in [3.8, 4) is 0 Å². The molecule has 0 aromatic heterocycles. The van der Waals surface area contributed by atoms with E-state index in [1.807, 2.05) is 11.8 Å². The van der Waals surface area contributed by atoms with Crippen LogP contribution in [0.3, 0.4) is 0 Å². The van der Waals surface area contributed by atoms with Crippen molar-refractivity contribution in [1.29, 1.82) is 0 Å². The number of hydrogen-bond donors (Lipinski definition) is 1. The molecule has 1 aliphatic heterocycles. The monoisotopic (exact) mass is 250 g/mol. The van der Waals surface area contributed by atoms with Gasteiger partial charge in [0.2, 0.25) is 5.91 Å². The average molecular weight is 251 g/mol. The predicted molar refractivity (Wildman–Crippen MR) is 67.0 cm³/mol. The summed E-state index contributed by atoms with van der Waals surface area (Å²) in [6.07, 6.45) is 1.45. The van der Waals surface area contributed by atoms with Gasteiger partial charge in [-0.25, -0.2) is 0 Å². The molecule has 1 amide bonds. The predicted octanol–water partition coefficient (Wildman–Crippen LogP) is 1.05. The van der Waals surface area contributed by atoms with Crippen molar-refractivity contribution in [3.05, 3.63) is 0 Å². The van der Waals surface area contributed by atoms with Crippen LogP contribution in [0.15, 0.2) is 0 Å². The quantitative estimate of drug-likeness (QED) is 0.742. The molecular weight excluding hydrogens is 228 g/mol.